The average molecular weight is 359 g/mol. The molecular weight excluding hydrogens is 334 g/mol. The van der Waals surface area contributed by atoms with E-state index in [1.165, 1.54) is 6.20 Å². The van der Waals surface area contributed by atoms with E-state index in [1.54, 1.807) is 27.7 Å². The molecule has 2 saturated heterocycles. The second-order valence-corrected chi connectivity index (χ2v) is 6.01. The fourth-order valence-corrected chi connectivity index (χ4v) is 2.75. The Balaban J connectivity index is 2.13. The second-order valence-electron chi connectivity index (χ2n) is 6.01. The molecule has 25 heavy (non-hydrogen) atoms. The molecule has 0 amide bonds. The van der Waals surface area contributed by atoms with Crippen LogP contribution >= 0.6 is 0 Å². The summed E-state index contributed by atoms with van der Waals surface area (Å²) < 4.78 is 26.9. The molecule has 2 rings (SSSR count). The van der Waals surface area contributed by atoms with Crippen molar-refractivity contribution in [3.63, 3.8) is 0 Å². The van der Waals surface area contributed by atoms with E-state index >= 15 is 0 Å². The fraction of sp³-hybridized carbons (Fsp3) is 0.750. The highest BCUT2D eigenvalue weighted by atomic mass is 16.8. The van der Waals surface area contributed by atoms with E-state index in [0.29, 0.717) is 0 Å². The highest BCUT2D eigenvalue weighted by Crippen LogP contribution is 2.37. The van der Waals surface area contributed by atoms with Crippen LogP contribution in [0.25, 0.3) is 0 Å². The lowest BCUT2D eigenvalue weighted by molar-refractivity contribution is -0.192. The number of ether oxygens (including phenoxy) is 5. The summed E-state index contributed by atoms with van der Waals surface area (Å²) in [5, 5.41) is 12.3. The number of hydrogen-bond donors (Lipinski definition) is 2. The SMILES string of the molecule is CCOC(=O)C(=CN[C@H]1O[C@H](CO)C2OC(C)(C)OC21)C(=O)OCC. The number of carbonyl (C=O) groups excluding carboxylic acids is 2. The molecule has 2 unspecified atom stereocenters. The lowest BCUT2D eigenvalue weighted by atomic mass is 10.1. The number of aliphatic hydroxyl groups is 1. The highest BCUT2D eigenvalue weighted by Gasteiger charge is 2.54. The van der Waals surface area contributed by atoms with Gasteiger partial charge in [0.25, 0.3) is 0 Å². The molecule has 9 heteroatoms. The van der Waals surface area contributed by atoms with Crippen LogP contribution in [-0.4, -0.2) is 67.2 Å². The first-order chi connectivity index (χ1) is 11.8. The maximum Gasteiger partial charge on any atom is 0.347 e. The Morgan fingerprint density at radius 2 is 1.68 bits per heavy atom. The number of hydrogen-bond acceptors (Lipinski definition) is 9. The van der Waals surface area contributed by atoms with Crippen molar-refractivity contribution >= 4 is 11.9 Å². The predicted octanol–water partition coefficient (Wildman–Crippen LogP) is -0.177. The van der Waals surface area contributed by atoms with Gasteiger partial charge in [-0.3, -0.25) is 0 Å². The van der Waals surface area contributed by atoms with Crippen LogP contribution in [0.3, 0.4) is 0 Å². The van der Waals surface area contributed by atoms with Crippen molar-refractivity contribution in [1.82, 2.24) is 5.32 Å². The van der Waals surface area contributed by atoms with Crippen LogP contribution in [0.4, 0.5) is 0 Å². The Labute approximate surface area is 146 Å². The van der Waals surface area contributed by atoms with Gasteiger partial charge in [-0.05, 0) is 27.7 Å². The van der Waals surface area contributed by atoms with Gasteiger partial charge in [0.2, 0.25) is 0 Å². The zero-order valence-electron chi connectivity index (χ0n) is 14.8. The summed E-state index contributed by atoms with van der Waals surface area (Å²) in [7, 11) is 0. The maximum absolute atomic E-state index is 11.9. The van der Waals surface area contributed by atoms with Crippen LogP contribution in [0, 0.1) is 0 Å². The molecule has 4 atom stereocenters. The van der Waals surface area contributed by atoms with Crippen LogP contribution in [0.15, 0.2) is 11.8 Å². The van der Waals surface area contributed by atoms with Gasteiger partial charge in [0.05, 0.1) is 19.8 Å². The Hall–Kier alpha value is -1.68. The third kappa shape index (κ3) is 4.49. The molecule has 0 aromatic rings. The number of rotatable bonds is 7. The van der Waals surface area contributed by atoms with Crippen molar-refractivity contribution in [3.8, 4) is 0 Å². The Morgan fingerprint density at radius 3 is 2.20 bits per heavy atom. The minimum Gasteiger partial charge on any atom is -0.462 e. The molecule has 0 aromatic carbocycles. The van der Waals surface area contributed by atoms with Crippen LogP contribution in [-0.2, 0) is 33.3 Å². The molecule has 0 radical (unpaired) electrons. The molecule has 0 bridgehead atoms. The summed E-state index contributed by atoms with van der Waals surface area (Å²) in [6.45, 7) is 6.79. The topological polar surface area (TPSA) is 113 Å². The third-order valence-corrected chi connectivity index (χ3v) is 3.71. The molecule has 2 fully saturated rings. The van der Waals surface area contributed by atoms with Crippen molar-refractivity contribution in [2.75, 3.05) is 19.8 Å². The minimum atomic E-state index is -0.818. The van der Waals surface area contributed by atoms with Gasteiger partial charge in [0.15, 0.2) is 17.6 Å². The average Bonchev–Trinajstić information content (AvgIpc) is 3.01. The Bertz CT molecular complexity index is 512. The van der Waals surface area contributed by atoms with Gasteiger partial charge in [-0.2, -0.15) is 0 Å². The summed E-state index contributed by atoms with van der Waals surface area (Å²) >= 11 is 0. The smallest absolute Gasteiger partial charge is 0.347 e. The van der Waals surface area contributed by atoms with Gasteiger partial charge in [0.1, 0.15) is 18.3 Å². The number of carbonyl (C=O) groups is 2. The van der Waals surface area contributed by atoms with Crippen LogP contribution < -0.4 is 5.32 Å². The van der Waals surface area contributed by atoms with Crippen molar-refractivity contribution in [1.29, 1.82) is 0 Å². The second kappa shape index (κ2) is 8.13. The molecule has 9 nitrogen and oxygen atoms in total. The first-order valence-corrected chi connectivity index (χ1v) is 8.25. The molecule has 2 heterocycles. The molecule has 0 aliphatic carbocycles. The van der Waals surface area contributed by atoms with Gasteiger partial charge in [-0.1, -0.05) is 0 Å². The molecule has 142 valence electrons. The quantitative estimate of drug-likeness (QED) is 0.277. The van der Waals surface area contributed by atoms with Gasteiger partial charge in [0, 0.05) is 6.20 Å². The van der Waals surface area contributed by atoms with E-state index in [2.05, 4.69) is 5.32 Å². The summed E-state index contributed by atoms with van der Waals surface area (Å²) in [6.07, 6.45) is -1.06. The van der Waals surface area contributed by atoms with E-state index in [1.807, 2.05) is 0 Å². The Morgan fingerprint density at radius 1 is 1.12 bits per heavy atom. The summed E-state index contributed by atoms with van der Waals surface area (Å²) in [5.41, 5.74) is -0.283. The van der Waals surface area contributed by atoms with E-state index in [-0.39, 0.29) is 25.4 Å². The number of fused-ring (bicyclic) bond motifs is 1. The lowest BCUT2D eigenvalue weighted by Crippen LogP contribution is -2.39. The monoisotopic (exact) mass is 359 g/mol. The van der Waals surface area contributed by atoms with Gasteiger partial charge in [-0.15, -0.1) is 0 Å². The van der Waals surface area contributed by atoms with E-state index < -0.39 is 42.3 Å². The zero-order chi connectivity index (χ0) is 18.6. The first kappa shape index (κ1) is 19.6. The maximum atomic E-state index is 11.9. The van der Waals surface area contributed by atoms with Crippen molar-refractivity contribution in [2.45, 2.75) is 58.0 Å². The summed E-state index contributed by atoms with van der Waals surface area (Å²) in [4.78, 5) is 23.9. The number of aliphatic hydroxyl groups excluding tert-OH is 1. The van der Waals surface area contributed by atoms with Crippen molar-refractivity contribution < 1.29 is 38.4 Å². The predicted molar refractivity (Wildman–Crippen MR) is 84.1 cm³/mol. The molecule has 0 aromatic heterocycles. The molecule has 0 spiro atoms. The molecular formula is C16H25NO8. The summed E-state index contributed by atoms with van der Waals surface area (Å²) in [5.74, 6) is -2.42. The molecule has 2 aliphatic heterocycles. The molecule has 0 saturated carbocycles. The van der Waals surface area contributed by atoms with E-state index in [0.717, 1.165) is 0 Å². The van der Waals surface area contributed by atoms with Crippen LogP contribution in [0.2, 0.25) is 0 Å². The summed E-state index contributed by atoms with van der Waals surface area (Å²) in [6, 6.07) is 0. The van der Waals surface area contributed by atoms with Gasteiger partial charge in [-0.25, -0.2) is 9.59 Å². The van der Waals surface area contributed by atoms with Crippen LogP contribution in [0.1, 0.15) is 27.7 Å². The normalized spacial score (nSPS) is 29.6. The van der Waals surface area contributed by atoms with Crippen molar-refractivity contribution in [3.05, 3.63) is 11.8 Å². The standard InChI is InChI=1S/C16H25NO8/c1-5-21-14(19)9(15(20)22-6-2)7-17-13-12-11(10(8-18)23-13)24-16(3,4)25-12/h7,10-13,17-18H,5-6,8H2,1-4H3/t10-,11?,12?,13+/m1/s1. The molecule has 2 N–H and O–H groups in total. The van der Waals surface area contributed by atoms with Gasteiger partial charge >= 0.3 is 11.9 Å². The number of nitrogens with one attached hydrogen (secondary N) is 1. The minimum absolute atomic E-state index is 0.123. The zero-order valence-corrected chi connectivity index (χ0v) is 14.8. The van der Waals surface area contributed by atoms with E-state index in [4.69, 9.17) is 23.7 Å². The molecule has 2 aliphatic rings. The van der Waals surface area contributed by atoms with Crippen LogP contribution in [0.5, 0.6) is 0 Å². The number of esters is 2. The third-order valence-electron chi connectivity index (χ3n) is 3.71. The fourth-order valence-electron chi connectivity index (χ4n) is 2.75. The van der Waals surface area contributed by atoms with E-state index in [9.17, 15) is 14.7 Å². The first-order valence-electron chi connectivity index (χ1n) is 8.25. The lowest BCUT2D eigenvalue weighted by Gasteiger charge is -2.23. The van der Waals surface area contributed by atoms with Gasteiger partial charge < -0.3 is 34.1 Å². The van der Waals surface area contributed by atoms with Crippen molar-refractivity contribution in [2.24, 2.45) is 0 Å². The highest BCUT2D eigenvalue weighted by molar-refractivity contribution is 6.13. The largest absolute Gasteiger partial charge is 0.462 e. The Kier molecular flexibility index (Phi) is 6.39.